The van der Waals surface area contributed by atoms with Crippen LogP contribution in [-0.4, -0.2) is 41.9 Å². The van der Waals surface area contributed by atoms with Crippen LogP contribution in [0.2, 0.25) is 0 Å². The van der Waals surface area contributed by atoms with E-state index in [4.69, 9.17) is 10.5 Å². The molecule has 0 aromatic rings. The van der Waals surface area contributed by atoms with Crippen LogP contribution in [0.5, 0.6) is 0 Å². The average Bonchev–Trinajstić information content (AvgIpc) is 2.26. The number of nitrogens with zero attached hydrogens (tertiary/aromatic N) is 4. The van der Waals surface area contributed by atoms with Gasteiger partial charge in [-0.25, -0.2) is 0 Å². The lowest BCUT2D eigenvalue weighted by molar-refractivity contribution is -0.130. The molecule has 0 spiro atoms. The molecule has 1 heterocycles. The third-order valence-corrected chi connectivity index (χ3v) is 2.31. The fraction of sp³-hybridized carbons (Fsp3) is 0.500. The molecule has 0 radical (unpaired) electrons. The topological polar surface area (TPSA) is 71.1 Å². The Balaban J connectivity index is 2.53. The van der Waals surface area contributed by atoms with Crippen molar-refractivity contribution in [3.8, 4) is 12.1 Å². The number of carbonyl (C=O) groups excluding carboxylic acids is 1. The second-order valence-corrected chi connectivity index (χ2v) is 3.31. The molecule has 15 heavy (non-hydrogen) atoms. The molecule has 0 saturated carbocycles. The molecule has 0 aromatic heterocycles. The van der Waals surface area contributed by atoms with Gasteiger partial charge in [0.25, 0.3) is 0 Å². The number of rotatable bonds is 1. The van der Waals surface area contributed by atoms with E-state index in [1.54, 1.807) is 18.0 Å². The van der Waals surface area contributed by atoms with Gasteiger partial charge in [-0.15, -0.1) is 0 Å². The van der Waals surface area contributed by atoms with E-state index in [2.05, 4.69) is 0 Å². The van der Waals surface area contributed by atoms with E-state index in [0.29, 0.717) is 26.2 Å². The number of amides is 1. The highest BCUT2D eigenvalue weighted by molar-refractivity contribution is 5.73. The molecule has 1 amide bonds. The van der Waals surface area contributed by atoms with Gasteiger partial charge in [0.2, 0.25) is 5.91 Å². The van der Waals surface area contributed by atoms with E-state index in [1.165, 1.54) is 0 Å². The minimum atomic E-state index is 0.0689. The highest BCUT2D eigenvalue weighted by Crippen LogP contribution is 2.04. The summed E-state index contributed by atoms with van der Waals surface area (Å²) in [6.07, 6.45) is 1.55. The molecule has 0 bridgehead atoms. The summed E-state index contributed by atoms with van der Waals surface area (Å²) < 4.78 is 0. The van der Waals surface area contributed by atoms with Gasteiger partial charge < -0.3 is 9.80 Å². The Labute approximate surface area is 88.8 Å². The van der Waals surface area contributed by atoms with E-state index >= 15 is 0 Å². The first-order valence-corrected chi connectivity index (χ1v) is 4.69. The monoisotopic (exact) mass is 204 g/mol. The van der Waals surface area contributed by atoms with Crippen LogP contribution >= 0.6 is 0 Å². The van der Waals surface area contributed by atoms with E-state index in [-0.39, 0.29) is 11.5 Å². The molecule has 0 unspecified atom stereocenters. The molecule has 0 N–H and O–H groups in total. The van der Waals surface area contributed by atoms with Gasteiger partial charge >= 0.3 is 0 Å². The molecule has 0 aliphatic carbocycles. The Bertz CT molecular complexity index is 337. The second kappa shape index (κ2) is 5.02. The van der Waals surface area contributed by atoms with Crippen LogP contribution in [0.3, 0.4) is 0 Å². The molecular formula is C10H12N4O. The number of hydrogen-bond donors (Lipinski definition) is 0. The van der Waals surface area contributed by atoms with E-state index in [1.807, 2.05) is 17.0 Å². The Morgan fingerprint density at radius 2 is 1.73 bits per heavy atom. The Hall–Kier alpha value is -2.01. The maximum absolute atomic E-state index is 11.0. The summed E-state index contributed by atoms with van der Waals surface area (Å²) >= 11 is 0. The molecule has 1 rings (SSSR count). The standard InChI is InChI=1S/C10H12N4O/c1-9(15)14-4-2-13(3-5-14)8-10(6-11)7-12/h8H,2-5H2,1H3. The normalized spacial score (nSPS) is 15.1. The highest BCUT2D eigenvalue weighted by atomic mass is 16.2. The molecule has 5 heteroatoms. The van der Waals surface area contributed by atoms with Crippen molar-refractivity contribution in [2.24, 2.45) is 0 Å². The summed E-state index contributed by atoms with van der Waals surface area (Å²) in [5, 5.41) is 17.1. The lowest BCUT2D eigenvalue weighted by atomic mass is 10.3. The maximum atomic E-state index is 11.0. The molecule has 1 aliphatic heterocycles. The zero-order valence-electron chi connectivity index (χ0n) is 8.60. The summed E-state index contributed by atoms with van der Waals surface area (Å²) in [6.45, 7) is 4.19. The van der Waals surface area contributed by atoms with Crippen LogP contribution in [0.4, 0.5) is 0 Å². The maximum Gasteiger partial charge on any atom is 0.219 e. The van der Waals surface area contributed by atoms with Crippen molar-refractivity contribution in [2.75, 3.05) is 26.2 Å². The van der Waals surface area contributed by atoms with E-state index in [0.717, 1.165) is 0 Å². The van der Waals surface area contributed by atoms with Crippen molar-refractivity contribution in [2.45, 2.75) is 6.92 Å². The van der Waals surface area contributed by atoms with Crippen LogP contribution in [-0.2, 0) is 4.79 Å². The van der Waals surface area contributed by atoms with Crippen LogP contribution < -0.4 is 0 Å². The molecule has 1 saturated heterocycles. The minimum absolute atomic E-state index is 0.0689. The average molecular weight is 204 g/mol. The zero-order chi connectivity index (χ0) is 11.3. The third-order valence-electron chi connectivity index (χ3n) is 2.31. The Kier molecular flexibility index (Phi) is 3.70. The Morgan fingerprint density at radius 3 is 2.13 bits per heavy atom. The van der Waals surface area contributed by atoms with Crippen molar-refractivity contribution in [1.29, 1.82) is 10.5 Å². The lowest BCUT2D eigenvalue weighted by Gasteiger charge is -2.33. The van der Waals surface area contributed by atoms with Crippen LogP contribution in [0.25, 0.3) is 0 Å². The first kappa shape index (κ1) is 11.1. The van der Waals surface area contributed by atoms with Crippen molar-refractivity contribution >= 4 is 5.91 Å². The number of nitriles is 2. The smallest absolute Gasteiger partial charge is 0.219 e. The lowest BCUT2D eigenvalue weighted by Crippen LogP contribution is -2.46. The molecule has 0 aromatic carbocycles. The van der Waals surface area contributed by atoms with Gasteiger partial charge in [-0.3, -0.25) is 4.79 Å². The largest absolute Gasteiger partial charge is 0.372 e. The summed E-state index contributed by atoms with van der Waals surface area (Å²) in [5.41, 5.74) is 0.103. The van der Waals surface area contributed by atoms with Gasteiger partial charge in [0, 0.05) is 39.3 Å². The fourth-order valence-electron chi connectivity index (χ4n) is 1.43. The van der Waals surface area contributed by atoms with Gasteiger partial charge in [0.1, 0.15) is 17.7 Å². The quantitative estimate of drug-likeness (QED) is 0.567. The number of hydrogen-bond acceptors (Lipinski definition) is 4. The van der Waals surface area contributed by atoms with Gasteiger partial charge in [-0.1, -0.05) is 0 Å². The fourth-order valence-corrected chi connectivity index (χ4v) is 1.43. The SMILES string of the molecule is CC(=O)N1CCN(C=C(C#N)C#N)CC1. The van der Waals surface area contributed by atoms with Crippen LogP contribution in [0, 0.1) is 22.7 Å². The van der Waals surface area contributed by atoms with Crippen molar-refractivity contribution in [1.82, 2.24) is 9.80 Å². The first-order valence-electron chi connectivity index (χ1n) is 4.69. The molecular weight excluding hydrogens is 192 g/mol. The van der Waals surface area contributed by atoms with Crippen LogP contribution in [0.15, 0.2) is 11.8 Å². The molecule has 5 nitrogen and oxygen atoms in total. The minimum Gasteiger partial charge on any atom is -0.372 e. The van der Waals surface area contributed by atoms with Gasteiger partial charge in [-0.2, -0.15) is 10.5 Å². The van der Waals surface area contributed by atoms with E-state index in [9.17, 15) is 4.79 Å². The number of carbonyl (C=O) groups is 1. The van der Waals surface area contributed by atoms with Crippen molar-refractivity contribution < 1.29 is 4.79 Å². The first-order chi connectivity index (χ1) is 7.17. The second-order valence-electron chi connectivity index (χ2n) is 3.31. The summed E-state index contributed by atoms with van der Waals surface area (Å²) in [5.74, 6) is 0.0689. The summed E-state index contributed by atoms with van der Waals surface area (Å²) in [4.78, 5) is 14.7. The van der Waals surface area contributed by atoms with Crippen molar-refractivity contribution in [3.63, 3.8) is 0 Å². The predicted molar refractivity (Wildman–Crippen MR) is 53.1 cm³/mol. The highest BCUT2D eigenvalue weighted by Gasteiger charge is 2.16. The molecule has 0 atom stereocenters. The number of allylic oxidation sites excluding steroid dienone is 1. The number of piperazine rings is 1. The van der Waals surface area contributed by atoms with Crippen LogP contribution in [0.1, 0.15) is 6.92 Å². The predicted octanol–water partition coefficient (Wildman–Crippen LogP) is 0.0816. The zero-order valence-corrected chi connectivity index (χ0v) is 8.60. The molecule has 78 valence electrons. The molecule has 1 fully saturated rings. The van der Waals surface area contributed by atoms with Gasteiger partial charge in [-0.05, 0) is 0 Å². The summed E-state index contributed by atoms with van der Waals surface area (Å²) in [7, 11) is 0. The van der Waals surface area contributed by atoms with Gasteiger partial charge in [0.15, 0.2) is 0 Å². The third kappa shape index (κ3) is 2.99. The van der Waals surface area contributed by atoms with E-state index < -0.39 is 0 Å². The van der Waals surface area contributed by atoms with Gasteiger partial charge in [0.05, 0.1) is 0 Å². The Morgan fingerprint density at radius 1 is 1.20 bits per heavy atom. The van der Waals surface area contributed by atoms with Crippen molar-refractivity contribution in [3.05, 3.63) is 11.8 Å². The summed E-state index contributed by atoms with van der Waals surface area (Å²) in [6, 6.07) is 3.62. The molecule has 1 aliphatic rings.